The van der Waals surface area contributed by atoms with Gasteiger partial charge in [0.05, 0.1) is 4.47 Å². The highest BCUT2D eigenvalue weighted by Gasteiger charge is 2.13. The molecule has 1 fully saturated rings. The second kappa shape index (κ2) is 8.60. The van der Waals surface area contributed by atoms with Gasteiger partial charge in [0, 0.05) is 12.1 Å². The van der Waals surface area contributed by atoms with Crippen LogP contribution >= 0.6 is 28.3 Å². The van der Waals surface area contributed by atoms with Crippen LogP contribution in [-0.2, 0) is 0 Å². The van der Waals surface area contributed by atoms with Crippen LogP contribution in [0.3, 0.4) is 0 Å². The Morgan fingerprint density at radius 3 is 2.95 bits per heavy atom. The summed E-state index contributed by atoms with van der Waals surface area (Å²) in [5.74, 6) is 0.142. The summed E-state index contributed by atoms with van der Waals surface area (Å²) in [6.45, 7) is 2.81. The van der Waals surface area contributed by atoms with Crippen LogP contribution in [-0.4, -0.2) is 25.5 Å². The Bertz CT molecular complexity index is 453. The van der Waals surface area contributed by atoms with Gasteiger partial charge in [0.15, 0.2) is 0 Å². The monoisotopic (exact) mass is 364 g/mol. The third-order valence-corrected chi connectivity index (χ3v) is 4.03. The first-order valence-corrected chi connectivity index (χ1v) is 7.40. The van der Waals surface area contributed by atoms with E-state index in [1.807, 2.05) is 0 Å². The summed E-state index contributed by atoms with van der Waals surface area (Å²) in [5, 5.41) is 6.24. The van der Waals surface area contributed by atoms with Gasteiger partial charge >= 0.3 is 0 Å². The lowest BCUT2D eigenvalue weighted by atomic mass is 9.96. The van der Waals surface area contributed by atoms with E-state index in [9.17, 15) is 9.18 Å². The fourth-order valence-corrected chi connectivity index (χ4v) is 2.68. The van der Waals surface area contributed by atoms with Gasteiger partial charge < -0.3 is 10.6 Å². The molecular weight excluding hydrogens is 347 g/mol. The fourth-order valence-electron chi connectivity index (χ4n) is 2.30. The molecule has 1 heterocycles. The SMILES string of the molecule is Cl.O=C(NCCC1CCCNC1)c1ccc(F)c(Br)c1. The van der Waals surface area contributed by atoms with Gasteiger partial charge in [-0.1, -0.05) is 0 Å². The van der Waals surface area contributed by atoms with E-state index in [2.05, 4.69) is 26.6 Å². The molecule has 1 saturated heterocycles. The van der Waals surface area contributed by atoms with Crippen LogP contribution in [0.15, 0.2) is 22.7 Å². The van der Waals surface area contributed by atoms with Gasteiger partial charge in [0.25, 0.3) is 5.91 Å². The Morgan fingerprint density at radius 2 is 2.30 bits per heavy atom. The average molecular weight is 366 g/mol. The van der Waals surface area contributed by atoms with Gasteiger partial charge in [-0.3, -0.25) is 4.79 Å². The van der Waals surface area contributed by atoms with Crippen LogP contribution in [0, 0.1) is 11.7 Å². The summed E-state index contributed by atoms with van der Waals surface area (Å²) in [6.07, 6.45) is 3.43. The third-order valence-electron chi connectivity index (χ3n) is 3.42. The van der Waals surface area contributed by atoms with E-state index in [1.165, 1.54) is 31.0 Å². The summed E-state index contributed by atoms with van der Waals surface area (Å²) in [6, 6.07) is 4.30. The zero-order chi connectivity index (χ0) is 13.7. The van der Waals surface area contributed by atoms with Crippen molar-refractivity contribution in [2.45, 2.75) is 19.3 Å². The molecule has 6 heteroatoms. The van der Waals surface area contributed by atoms with Gasteiger partial charge in [-0.05, 0) is 72.4 Å². The minimum absolute atomic E-state index is 0. The number of piperidine rings is 1. The number of hydrogen-bond acceptors (Lipinski definition) is 2. The van der Waals surface area contributed by atoms with Crippen molar-refractivity contribution in [1.29, 1.82) is 0 Å². The van der Waals surface area contributed by atoms with Crippen LogP contribution in [0.5, 0.6) is 0 Å². The molecule has 2 rings (SSSR count). The first-order chi connectivity index (χ1) is 9.16. The van der Waals surface area contributed by atoms with E-state index in [1.54, 1.807) is 0 Å². The summed E-state index contributed by atoms with van der Waals surface area (Å²) in [5.41, 5.74) is 0.482. The van der Waals surface area contributed by atoms with E-state index in [-0.39, 0.29) is 24.1 Å². The second-order valence-electron chi connectivity index (χ2n) is 4.89. The van der Waals surface area contributed by atoms with E-state index >= 15 is 0 Å². The smallest absolute Gasteiger partial charge is 0.251 e. The van der Waals surface area contributed by atoms with Crippen molar-refractivity contribution in [3.63, 3.8) is 0 Å². The van der Waals surface area contributed by atoms with Crippen molar-refractivity contribution in [3.8, 4) is 0 Å². The summed E-state index contributed by atoms with van der Waals surface area (Å²) >= 11 is 3.08. The highest BCUT2D eigenvalue weighted by Crippen LogP contribution is 2.17. The lowest BCUT2D eigenvalue weighted by molar-refractivity contribution is 0.0950. The Kier molecular flexibility index (Phi) is 7.48. The zero-order valence-corrected chi connectivity index (χ0v) is 13.5. The number of amides is 1. The number of nitrogens with one attached hydrogen (secondary N) is 2. The van der Waals surface area contributed by atoms with E-state index in [0.29, 0.717) is 22.5 Å². The van der Waals surface area contributed by atoms with E-state index in [4.69, 9.17) is 0 Å². The maximum absolute atomic E-state index is 13.1. The van der Waals surface area contributed by atoms with E-state index in [0.717, 1.165) is 19.5 Å². The molecule has 1 atom stereocenters. The van der Waals surface area contributed by atoms with Gasteiger partial charge in [0.2, 0.25) is 0 Å². The normalized spacial score (nSPS) is 18.2. The zero-order valence-electron chi connectivity index (χ0n) is 11.1. The van der Waals surface area contributed by atoms with E-state index < -0.39 is 0 Å². The Balaban J connectivity index is 0.00000200. The van der Waals surface area contributed by atoms with Crippen molar-refractivity contribution in [2.75, 3.05) is 19.6 Å². The minimum atomic E-state index is -0.357. The quantitative estimate of drug-likeness (QED) is 0.861. The molecule has 1 aromatic rings. The molecule has 0 spiro atoms. The molecule has 1 aliphatic heterocycles. The number of carbonyl (C=O) groups is 1. The van der Waals surface area contributed by atoms with Crippen LogP contribution < -0.4 is 10.6 Å². The lowest BCUT2D eigenvalue weighted by Crippen LogP contribution is -2.33. The molecule has 0 aliphatic carbocycles. The highest BCUT2D eigenvalue weighted by atomic mass is 79.9. The fraction of sp³-hybridized carbons (Fsp3) is 0.500. The molecule has 20 heavy (non-hydrogen) atoms. The third kappa shape index (κ3) is 5.04. The molecule has 112 valence electrons. The molecule has 1 aromatic carbocycles. The molecule has 0 aromatic heterocycles. The molecule has 1 amide bonds. The Hall–Kier alpha value is -0.650. The molecule has 3 nitrogen and oxygen atoms in total. The molecule has 0 saturated carbocycles. The standard InChI is InChI=1S/C14H18BrFN2O.ClH/c15-12-8-11(3-4-13(12)16)14(19)18-7-5-10-2-1-6-17-9-10;/h3-4,8,10,17H,1-2,5-7,9H2,(H,18,19);1H. The van der Waals surface area contributed by atoms with Gasteiger partial charge in [-0.25, -0.2) is 4.39 Å². The number of benzene rings is 1. The first kappa shape index (κ1) is 17.4. The van der Waals surface area contributed by atoms with Crippen molar-refractivity contribution < 1.29 is 9.18 Å². The number of halogens is 3. The number of hydrogen-bond donors (Lipinski definition) is 2. The predicted octanol–water partition coefficient (Wildman–Crippen LogP) is 3.13. The van der Waals surface area contributed by atoms with Crippen LogP contribution in [0.25, 0.3) is 0 Å². The Morgan fingerprint density at radius 1 is 1.50 bits per heavy atom. The summed E-state index contributed by atoms with van der Waals surface area (Å²) in [4.78, 5) is 11.9. The van der Waals surface area contributed by atoms with Gasteiger partial charge in [-0.15, -0.1) is 12.4 Å². The molecule has 1 unspecified atom stereocenters. The van der Waals surface area contributed by atoms with Crippen molar-refractivity contribution in [2.24, 2.45) is 5.92 Å². The number of rotatable bonds is 4. The highest BCUT2D eigenvalue weighted by molar-refractivity contribution is 9.10. The van der Waals surface area contributed by atoms with Crippen molar-refractivity contribution >= 4 is 34.2 Å². The molecular formula is C14H19BrClFN2O. The van der Waals surface area contributed by atoms with Crippen LogP contribution in [0.1, 0.15) is 29.6 Å². The maximum Gasteiger partial charge on any atom is 0.251 e. The largest absolute Gasteiger partial charge is 0.352 e. The van der Waals surface area contributed by atoms with Crippen molar-refractivity contribution in [3.05, 3.63) is 34.1 Å². The first-order valence-electron chi connectivity index (χ1n) is 6.61. The summed E-state index contributed by atoms with van der Waals surface area (Å²) < 4.78 is 13.4. The van der Waals surface area contributed by atoms with Crippen LogP contribution in [0.2, 0.25) is 0 Å². The molecule has 1 aliphatic rings. The van der Waals surface area contributed by atoms with Crippen LogP contribution in [0.4, 0.5) is 4.39 Å². The Labute approximate surface area is 133 Å². The molecule has 2 N–H and O–H groups in total. The van der Waals surface area contributed by atoms with Crippen molar-refractivity contribution in [1.82, 2.24) is 10.6 Å². The molecule has 0 bridgehead atoms. The molecule has 0 radical (unpaired) electrons. The predicted molar refractivity (Wildman–Crippen MR) is 83.9 cm³/mol. The minimum Gasteiger partial charge on any atom is -0.352 e. The average Bonchev–Trinajstić information content (AvgIpc) is 2.43. The maximum atomic E-state index is 13.1. The second-order valence-corrected chi connectivity index (χ2v) is 5.74. The number of carbonyl (C=O) groups excluding carboxylic acids is 1. The topological polar surface area (TPSA) is 41.1 Å². The van der Waals surface area contributed by atoms with Gasteiger partial charge in [-0.2, -0.15) is 0 Å². The van der Waals surface area contributed by atoms with Gasteiger partial charge in [0.1, 0.15) is 5.82 Å². The summed E-state index contributed by atoms with van der Waals surface area (Å²) in [7, 11) is 0. The lowest BCUT2D eigenvalue weighted by Gasteiger charge is -2.22.